The van der Waals surface area contributed by atoms with Crippen LogP contribution in [0.2, 0.25) is 0 Å². The molecule has 1 aliphatic rings. The lowest BCUT2D eigenvalue weighted by Gasteiger charge is -2.35. The maximum absolute atomic E-state index is 13.7. The number of nitrogens with zero attached hydrogens (tertiary/aromatic N) is 1. The fourth-order valence-corrected chi connectivity index (χ4v) is 2.75. The summed E-state index contributed by atoms with van der Waals surface area (Å²) >= 11 is 0. The number of rotatable bonds is 5. The molecule has 1 unspecified atom stereocenters. The SMILES string of the molecule is CCOc1cc(N2CCCC(COC)C2)c(N)cc1F. The number of piperidine rings is 1. The molecule has 112 valence electrons. The van der Waals surface area contributed by atoms with Gasteiger partial charge >= 0.3 is 0 Å². The highest BCUT2D eigenvalue weighted by Gasteiger charge is 2.22. The number of nitrogens with two attached hydrogens (primary N) is 1. The smallest absolute Gasteiger partial charge is 0.167 e. The van der Waals surface area contributed by atoms with Crippen LogP contribution in [0.5, 0.6) is 5.75 Å². The first kappa shape index (κ1) is 14.9. The molecule has 1 saturated heterocycles. The van der Waals surface area contributed by atoms with Gasteiger partial charge in [0.1, 0.15) is 0 Å². The summed E-state index contributed by atoms with van der Waals surface area (Å²) < 4.78 is 24.3. The van der Waals surface area contributed by atoms with Gasteiger partial charge in [-0.05, 0) is 25.7 Å². The van der Waals surface area contributed by atoms with Crippen LogP contribution in [-0.4, -0.2) is 33.4 Å². The summed E-state index contributed by atoms with van der Waals surface area (Å²) in [6, 6.07) is 3.06. The lowest BCUT2D eigenvalue weighted by molar-refractivity contribution is 0.143. The molecule has 1 atom stereocenters. The van der Waals surface area contributed by atoms with Gasteiger partial charge in [0.25, 0.3) is 0 Å². The molecule has 0 aromatic heterocycles. The molecule has 0 saturated carbocycles. The molecule has 1 fully saturated rings. The molecule has 4 nitrogen and oxygen atoms in total. The average molecular weight is 282 g/mol. The molecule has 2 N–H and O–H groups in total. The van der Waals surface area contributed by atoms with Gasteiger partial charge in [0, 0.05) is 32.3 Å². The van der Waals surface area contributed by atoms with E-state index < -0.39 is 5.82 Å². The maximum Gasteiger partial charge on any atom is 0.167 e. The van der Waals surface area contributed by atoms with Crippen molar-refractivity contribution in [3.8, 4) is 5.75 Å². The summed E-state index contributed by atoms with van der Waals surface area (Å²) in [6.07, 6.45) is 2.25. The van der Waals surface area contributed by atoms with Crippen LogP contribution in [-0.2, 0) is 4.74 Å². The van der Waals surface area contributed by atoms with Crippen molar-refractivity contribution in [1.82, 2.24) is 0 Å². The minimum atomic E-state index is -0.404. The van der Waals surface area contributed by atoms with Crippen LogP contribution >= 0.6 is 0 Å². The molecular formula is C15H23FN2O2. The van der Waals surface area contributed by atoms with Crippen LogP contribution in [0.1, 0.15) is 19.8 Å². The maximum atomic E-state index is 13.7. The van der Waals surface area contributed by atoms with Gasteiger partial charge < -0.3 is 20.1 Å². The van der Waals surface area contributed by atoms with Crippen LogP contribution in [0.15, 0.2) is 12.1 Å². The Bertz CT molecular complexity index is 452. The fraction of sp³-hybridized carbons (Fsp3) is 0.600. The standard InChI is InChI=1S/C15H23FN2O2/c1-3-20-15-8-14(13(17)7-12(15)16)18-6-4-5-11(9-18)10-19-2/h7-8,11H,3-6,9-10,17H2,1-2H3. The van der Waals surface area contributed by atoms with Gasteiger partial charge in [0.05, 0.1) is 24.6 Å². The molecule has 0 amide bonds. The summed E-state index contributed by atoms with van der Waals surface area (Å²) in [5.74, 6) is 0.359. The van der Waals surface area contributed by atoms with E-state index >= 15 is 0 Å². The highest BCUT2D eigenvalue weighted by atomic mass is 19.1. The van der Waals surface area contributed by atoms with Crippen LogP contribution in [0.25, 0.3) is 0 Å². The Morgan fingerprint density at radius 2 is 2.25 bits per heavy atom. The molecule has 1 aromatic rings. The first-order chi connectivity index (χ1) is 9.65. The quantitative estimate of drug-likeness (QED) is 0.844. The predicted octanol–water partition coefficient (Wildman–Crippen LogP) is 2.67. The normalized spacial score (nSPS) is 19.1. The van der Waals surface area contributed by atoms with Gasteiger partial charge in [-0.15, -0.1) is 0 Å². The second kappa shape index (κ2) is 6.79. The number of methoxy groups -OCH3 is 1. The topological polar surface area (TPSA) is 47.7 Å². The molecule has 0 bridgehead atoms. The number of ether oxygens (including phenoxy) is 2. The third-order valence-corrected chi connectivity index (χ3v) is 3.64. The molecule has 1 heterocycles. The van der Waals surface area contributed by atoms with Crippen molar-refractivity contribution in [3.63, 3.8) is 0 Å². The molecule has 1 aromatic carbocycles. The van der Waals surface area contributed by atoms with Gasteiger partial charge in [0.2, 0.25) is 0 Å². The van der Waals surface area contributed by atoms with E-state index in [-0.39, 0.29) is 5.75 Å². The van der Waals surface area contributed by atoms with E-state index in [0.717, 1.165) is 38.2 Å². The molecule has 20 heavy (non-hydrogen) atoms. The zero-order chi connectivity index (χ0) is 14.5. The van der Waals surface area contributed by atoms with E-state index in [1.807, 2.05) is 6.92 Å². The average Bonchev–Trinajstić information content (AvgIpc) is 2.43. The third-order valence-electron chi connectivity index (χ3n) is 3.64. The van der Waals surface area contributed by atoms with E-state index in [1.54, 1.807) is 13.2 Å². The van der Waals surface area contributed by atoms with Crippen molar-refractivity contribution in [1.29, 1.82) is 0 Å². The minimum absolute atomic E-state index is 0.269. The van der Waals surface area contributed by atoms with Gasteiger partial charge in [0.15, 0.2) is 11.6 Å². The van der Waals surface area contributed by atoms with Crippen LogP contribution in [0.4, 0.5) is 15.8 Å². The van der Waals surface area contributed by atoms with Crippen LogP contribution in [0.3, 0.4) is 0 Å². The van der Waals surface area contributed by atoms with Crippen LogP contribution in [0, 0.1) is 11.7 Å². The van der Waals surface area contributed by atoms with Crippen molar-refractivity contribution < 1.29 is 13.9 Å². The number of anilines is 2. The third kappa shape index (κ3) is 3.33. The van der Waals surface area contributed by atoms with Crippen molar-refractivity contribution in [2.24, 2.45) is 5.92 Å². The first-order valence-electron chi connectivity index (χ1n) is 7.11. The number of nitrogen functional groups attached to an aromatic ring is 1. The van der Waals surface area contributed by atoms with Gasteiger partial charge in [-0.3, -0.25) is 0 Å². The highest BCUT2D eigenvalue weighted by molar-refractivity contribution is 5.70. The van der Waals surface area contributed by atoms with E-state index in [0.29, 0.717) is 18.2 Å². The minimum Gasteiger partial charge on any atom is -0.491 e. The summed E-state index contributed by atoms with van der Waals surface area (Å²) in [4.78, 5) is 2.20. The van der Waals surface area contributed by atoms with E-state index in [9.17, 15) is 4.39 Å². The number of halogens is 1. The molecular weight excluding hydrogens is 259 g/mol. The summed E-state index contributed by atoms with van der Waals surface area (Å²) in [6.45, 7) is 4.84. The molecule has 0 aliphatic carbocycles. The monoisotopic (exact) mass is 282 g/mol. The zero-order valence-electron chi connectivity index (χ0n) is 12.2. The van der Waals surface area contributed by atoms with Gasteiger partial charge in [-0.2, -0.15) is 0 Å². The number of hydrogen-bond donors (Lipinski definition) is 1. The largest absolute Gasteiger partial charge is 0.491 e. The van der Waals surface area contributed by atoms with E-state index in [2.05, 4.69) is 4.90 Å². The fourth-order valence-electron chi connectivity index (χ4n) is 2.75. The number of hydrogen-bond acceptors (Lipinski definition) is 4. The van der Waals surface area contributed by atoms with Crippen molar-refractivity contribution in [2.75, 3.05) is 44.0 Å². The lowest BCUT2D eigenvalue weighted by Crippen LogP contribution is -2.37. The zero-order valence-corrected chi connectivity index (χ0v) is 12.2. The second-order valence-corrected chi connectivity index (χ2v) is 5.18. The highest BCUT2D eigenvalue weighted by Crippen LogP contribution is 2.33. The van der Waals surface area contributed by atoms with Crippen molar-refractivity contribution >= 4 is 11.4 Å². The van der Waals surface area contributed by atoms with Gasteiger partial charge in [-0.25, -0.2) is 4.39 Å². The summed E-state index contributed by atoms with van der Waals surface area (Å²) in [5, 5.41) is 0. The summed E-state index contributed by atoms with van der Waals surface area (Å²) in [5.41, 5.74) is 7.29. The molecule has 0 spiro atoms. The molecule has 1 aliphatic heterocycles. The van der Waals surface area contributed by atoms with E-state index in [4.69, 9.17) is 15.2 Å². The number of benzene rings is 1. The Morgan fingerprint density at radius 1 is 1.45 bits per heavy atom. The van der Waals surface area contributed by atoms with Crippen LogP contribution < -0.4 is 15.4 Å². The Labute approximate surface area is 119 Å². The Kier molecular flexibility index (Phi) is 5.06. The summed E-state index contributed by atoms with van der Waals surface area (Å²) in [7, 11) is 1.72. The van der Waals surface area contributed by atoms with Crippen molar-refractivity contribution in [2.45, 2.75) is 19.8 Å². The second-order valence-electron chi connectivity index (χ2n) is 5.18. The molecule has 5 heteroatoms. The Hall–Kier alpha value is -1.49. The molecule has 2 rings (SSSR count). The predicted molar refractivity (Wildman–Crippen MR) is 78.8 cm³/mol. The Balaban J connectivity index is 2.20. The Morgan fingerprint density at radius 3 is 2.95 bits per heavy atom. The van der Waals surface area contributed by atoms with Gasteiger partial charge in [-0.1, -0.05) is 0 Å². The lowest BCUT2D eigenvalue weighted by atomic mass is 9.98. The first-order valence-corrected chi connectivity index (χ1v) is 7.11. The molecule has 0 radical (unpaired) electrons. The van der Waals surface area contributed by atoms with Crippen molar-refractivity contribution in [3.05, 3.63) is 17.9 Å². The van der Waals surface area contributed by atoms with E-state index in [1.165, 1.54) is 6.07 Å².